The van der Waals surface area contributed by atoms with Crippen molar-refractivity contribution in [1.82, 2.24) is 15.6 Å². The van der Waals surface area contributed by atoms with Crippen LogP contribution in [0.1, 0.15) is 39.3 Å². The van der Waals surface area contributed by atoms with Gasteiger partial charge in [-0.15, -0.1) is 11.3 Å². The molecule has 2 N–H and O–H groups in total. The minimum atomic E-state index is -0.434. The Morgan fingerprint density at radius 3 is 2.79 bits per heavy atom. The summed E-state index contributed by atoms with van der Waals surface area (Å²) in [5.74, 6) is 0. The van der Waals surface area contributed by atoms with Crippen LogP contribution in [-0.4, -0.2) is 28.8 Å². The van der Waals surface area contributed by atoms with Gasteiger partial charge in [0.2, 0.25) is 0 Å². The molecule has 0 unspecified atom stereocenters. The lowest BCUT2D eigenvalue weighted by Crippen LogP contribution is -2.53. The van der Waals surface area contributed by atoms with E-state index in [1.54, 1.807) is 11.3 Å². The van der Waals surface area contributed by atoms with E-state index in [2.05, 4.69) is 15.6 Å². The van der Waals surface area contributed by atoms with Gasteiger partial charge in [0, 0.05) is 24.0 Å². The van der Waals surface area contributed by atoms with Crippen LogP contribution in [0.2, 0.25) is 0 Å². The van der Waals surface area contributed by atoms with Crippen molar-refractivity contribution in [3.63, 3.8) is 0 Å². The number of carbonyl (C=O) groups is 1. The van der Waals surface area contributed by atoms with Crippen molar-refractivity contribution in [1.29, 1.82) is 0 Å². The minimum Gasteiger partial charge on any atom is -0.444 e. The molecule has 5 nitrogen and oxygen atoms in total. The Bertz CT molecular complexity index is 408. The van der Waals surface area contributed by atoms with Crippen molar-refractivity contribution in [3.8, 4) is 0 Å². The van der Waals surface area contributed by atoms with Gasteiger partial charge in [0.25, 0.3) is 0 Å². The normalized spacial score (nSPS) is 22.7. The number of thiazole rings is 1. The quantitative estimate of drug-likeness (QED) is 0.890. The number of amides is 1. The fourth-order valence-electron chi connectivity index (χ4n) is 1.95. The van der Waals surface area contributed by atoms with Gasteiger partial charge in [0.1, 0.15) is 5.60 Å². The molecule has 1 saturated carbocycles. The maximum atomic E-state index is 11.6. The second kappa shape index (κ2) is 5.88. The van der Waals surface area contributed by atoms with Crippen LogP contribution in [0.25, 0.3) is 0 Å². The van der Waals surface area contributed by atoms with Crippen molar-refractivity contribution in [2.24, 2.45) is 0 Å². The summed E-state index contributed by atoms with van der Waals surface area (Å²) in [5, 5.41) is 8.35. The van der Waals surface area contributed by atoms with E-state index >= 15 is 0 Å². The van der Waals surface area contributed by atoms with Crippen molar-refractivity contribution >= 4 is 17.4 Å². The molecule has 0 atom stereocenters. The average Bonchev–Trinajstić information content (AvgIpc) is 2.71. The fourth-order valence-corrected chi connectivity index (χ4v) is 2.51. The second-order valence-corrected chi connectivity index (χ2v) is 6.59. The summed E-state index contributed by atoms with van der Waals surface area (Å²) >= 11 is 1.61. The lowest BCUT2D eigenvalue weighted by molar-refractivity contribution is 0.0465. The van der Waals surface area contributed by atoms with Crippen LogP contribution in [0, 0.1) is 0 Å². The topological polar surface area (TPSA) is 63.2 Å². The van der Waals surface area contributed by atoms with E-state index in [1.165, 1.54) is 0 Å². The van der Waals surface area contributed by atoms with Crippen LogP contribution < -0.4 is 10.6 Å². The molecular weight excluding hydrogens is 262 g/mol. The largest absolute Gasteiger partial charge is 0.444 e. The zero-order valence-corrected chi connectivity index (χ0v) is 12.4. The van der Waals surface area contributed by atoms with Gasteiger partial charge < -0.3 is 15.4 Å². The van der Waals surface area contributed by atoms with Gasteiger partial charge in [0.05, 0.1) is 11.2 Å². The molecule has 1 heterocycles. The van der Waals surface area contributed by atoms with Crippen LogP contribution in [0.15, 0.2) is 10.9 Å². The first-order valence-electron chi connectivity index (χ1n) is 6.52. The summed E-state index contributed by atoms with van der Waals surface area (Å²) in [6.07, 6.45) is 1.57. The average molecular weight is 283 g/mol. The van der Waals surface area contributed by atoms with Crippen LogP contribution in [0.5, 0.6) is 0 Å². The summed E-state index contributed by atoms with van der Waals surface area (Å²) in [4.78, 5) is 15.8. The maximum Gasteiger partial charge on any atom is 0.407 e. The Morgan fingerprint density at radius 1 is 1.47 bits per heavy atom. The molecule has 0 bridgehead atoms. The van der Waals surface area contributed by atoms with Gasteiger partial charge in [-0.05, 0) is 33.6 Å². The van der Waals surface area contributed by atoms with E-state index in [-0.39, 0.29) is 12.1 Å². The van der Waals surface area contributed by atoms with Gasteiger partial charge in [-0.1, -0.05) is 0 Å². The molecule has 0 saturated heterocycles. The Labute approximate surface area is 117 Å². The Hall–Kier alpha value is -1.14. The summed E-state index contributed by atoms with van der Waals surface area (Å²) < 4.78 is 5.22. The number of hydrogen-bond donors (Lipinski definition) is 2. The Balaban J connectivity index is 1.60. The first-order valence-corrected chi connectivity index (χ1v) is 7.46. The monoisotopic (exact) mass is 283 g/mol. The van der Waals surface area contributed by atoms with E-state index in [4.69, 9.17) is 4.74 Å². The molecule has 1 aromatic rings. The summed E-state index contributed by atoms with van der Waals surface area (Å²) in [7, 11) is 0. The summed E-state index contributed by atoms with van der Waals surface area (Å²) in [6.45, 7) is 6.40. The Morgan fingerprint density at radius 2 is 2.21 bits per heavy atom. The van der Waals surface area contributed by atoms with Crippen LogP contribution in [-0.2, 0) is 11.3 Å². The van der Waals surface area contributed by atoms with Crippen molar-refractivity contribution in [3.05, 3.63) is 16.6 Å². The highest BCUT2D eigenvalue weighted by Gasteiger charge is 2.31. The van der Waals surface area contributed by atoms with Crippen LogP contribution >= 0.6 is 11.3 Å². The first-order chi connectivity index (χ1) is 8.92. The first kappa shape index (κ1) is 14.3. The molecule has 1 fully saturated rings. The zero-order chi connectivity index (χ0) is 13.9. The van der Waals surface area contributed by atoms with E-state index < -0.39 is 5.60 Å². The smallest absolute Gasteiger partial charge is 0.407 e. The third kappa shape index (κ3) is 4.80. The van der Waals surface area contributed by atoms with E-state index in [0.29, 0.717) is 6.04 Å². The number of alkyl carbamates (subject to hydrolysis) is 1. The highest BCUT2D eigenvalue weighted by molar-refractivity contribution is 7.07. The molecule has 0 aliphatic heterocycles. The van der Waals surface area contributed by atoms with Crippen LogP contribution in [0.4, 0.5) is 4.79 Å². The molecule has 6 heteroatoms. The standard InChI is InChI=1S/C13H21N3O2S/c1-13(2,3)18-12(17)16-10-4-9(5-10)14-6-11-7-19-8-15-11/h7-10,14H,4-6H2,1-3H3,(H,16,17). The number of rotatable bonds is 4. The summed E-state index contributed by atoms with van der Waals surface area (Å²) in [5.41, 5.74) is 2.48. The number of ether oxygens (including phenoxy) is 1. The van der Waals surface area contributed by atoms with Crippen molar-refractivity contribution < 1.29 is 9.53 Å². The maximum absolute atomic E-state index is 11.6. The van der Waals surface area contributed by atoms with Crippen molar-refractivity contribution in [2.45, 2.75) is 57.8 Å². The molecule has 2 rings (SSSR count). The molecule has 19 heavy (non-hydrogen) atoms. The second-order valence-electron chi connectivity index (χ2n) is 5.87. The number of hydrogen-bond acceptors (Lipinski definition) is 5. The predicted octanol–water partition coefficient (Wildman–Crippen LogP) is 2.29. The summed E-state index contributed by atoms with van der Waals surface area (Å²) in [6, 6.07) is 0.685. The molecule has 1 aromatic heterocycles. The number of nitrogens with zero attached hydrogens (tertiary/aromatic N) is 1. The number of nitrogens with one attached hydrogen (secondary N) is 2. The highest BCUT2D eigenvalue weighted by Crippen LogP contribution is 2.21. The Kier molecular flexibility index (Phi) is 4.42. The fraction of sp³-hybridized carbons (Fsp3) is 0.692. The molecule has 0 aromatic carbocycles. The number of carbonyl (C=O) groups excluding carboxylic acids is 1. The third-order valence-electron chi connectivity index (χ3n) is 2.91. The lowest BCUT2D eigenvalue weighted by Gasteiger charge is -2.36. The molecular formula is C13H21N3O2S. The van der Waals surface area contributed by atoms with E-state index in [1.807, 2.05) is 31.7 Å². The van der Waals surface area contributed by atoms with Gasteiger partial charge in [-0.2, -0.15) is 0 Å². The molecule has 0 spiro atoms. The lowest BCUT2D eigenvalue weighted by atomic mass is 9.87. The predicted molar refractivity (Wildman–Crippen MR) is 75.1 cm³/mol. The van der Waals surface area contributed by atoms with Gasteiger partial charge in [0.15, 0.2) is 0 Å². The van der Waals surface area contributed by atoms with E-state index in [0.717, 1.165) is 25.1 Å². The minimum absolute atomic E-state index is 0.225. The molecule has 1 amide bonds. The van der Waals surface area contributed by atoms with Gasteiger partial charge >= 0.3 is 6.09 Å². The molecule has 0 radical (unpaired) electrons. The van der Waals surface area contributed by atoms with Crippen LogP contribution in [0.3, 0.4) is 0 Å². The molecule has 1 aliphatic carbocycles. The highest BCUT2D eigenvalue weighted by atomic mass is 32.1. The molecule has 106 valence electrons. The zero-order valence-electron chi connectivity index (χ0n) is 11.6. The molecule has 1 aliphatic rings. The van der Waals surface area contributed by atoms with Crippen molar-refractivity contribution in [2.75, 3.05) is 0 Å². The number of aromatic nitrogens is 1. The van der Waals surface area contributed by atoms with E-state index in [9.17, 15) is 4.79 Å². The SMILES string of the molecule is CC(C)(C)OC(=O)NC1CC(NCc2cscn2)C1. The third-order valence-corrected chi connectivity index (χ3v) is 3.55. The van der Waals surface area contributed by atoms with Gasteiger partial charge in [-0.25, -0.2) is 9.78 Å². The van der Waals surface area contributed by atoms with Gasteiger partial charge in [-0.3, -0.25) is 0 Å².